The summed E-state index contributed by atoms with van der Waals surface area (Å²) in [4.78, 5) is 27.1. The van der Waals surface area contributed by atoms with Gasteiger partial charge in [-0.3, -0.25) is 14.8 Å². The zero-order valence-corrected chi connectivity index (χ0v) is 12.3. The molecule has 0 aliphatic carbocycles. The SMILES string of the molecule is C[C@@H]1CC[C@@H](C)N1C(=O)c1csc(-c2cnccn2)n1. The highest BCUT2D eigenvalue weighted by Gasteiger charge is 2.33. The Labute approximate surface area is 121 Å². The second kappa shape index (κ2) is 5.28. The van der Waals surface area contributed by atoms with Crippen LogP contribution in [-0.4, -0.2) is 37.8 Å². The number of likely N-dealkylation sites (tertiary alicyclic amines) is 1. The van der Waals surface area contributed by atoms with E-state index >= 15 is 0 Å². The Kier molecular flexibility index (Phi) is 3.48. The predicted octanol–water partition coefficient (Wildman–Crippen LogP) is 2.61. The van der Waals surface area contributed by atoms with E-state index in [4.69, 9.17) is 0 Å². The van der Waals surface area contributed by atoms with Crippen molar-refractivity contribution in [1.29, 1.82) is 0 Å². The lowest BCUT2D eigenvalue weighted by Gasteiger charge is -2.25. The van der Waals surface area contributed by atoms with Crippen molar-refractivity contribution in [1.82, 2.24) is 19.9 Å². The molecule has 0 radical (unpaired) electrons. The number of nitrogens with zero attached hydrogens (tertiary/aromatic N) is 4. The van der Waals surface area contributed by atoms with Crippen LogP contribution in [0.3, 0.4) is 0 Å². The number of aromatic nitrogens is 3. The minimum absolute atomic E-state index is 0.0221. The van der Waals surface area contributed by atoms with Crippen LogP contribution in [0.1, 0.15) is 37.2 Å². The highest BCUT2D eigenvalue weighted by molar-refractivity contribution is 7.13. The normalized spacial score (nSPS) is 22.2. The van der Waals surface area contributed by atoms with Gasteiger partial charge in [0.15, 0.2) is 0 Å². The molecular weight excluding hydrogens is 272 g/mol. The van der Waals surface area contributed by atoms with Gasteiger partial charge in [0.1, 0.15) is 16.4 Å². The topological polar surface area (TPSA) is 59.0 Å². The molecule has 1 aliphatic rings. The van der Waals surface area contributed by atoms with Gasteiger partial charge in [0.05, 0.1) is 6.20 Å². The van der Waals surface area contributed by atoms with Gasteiger partial charge in [-0.05, 0) is 26.7 Å². The standard InChI is InChI=1S/C14H16N4OS/c1-9-3-4-10(2)18(9)14(19)12-8-20-13(17-12)11-7-15-5-6-16-11/h5-10H,3-4H2,1-2H3/t9-,10-/m1/s1. The molecule has 0 spiro atoms. The average molecular weight is 288 g/mol. The van der Waals surface area contributed by atoms with E-state index < -0.39 is 0 Å². The first-order valence-electron chi connectivity index (χ1n) is 6.71. The lowest BCUT2D eigenvalue weighted by atomic mass is 10.2. The minimum Gasteiger partial charge on any atom is -0.332 e. The van der Waals surface area contributed by atoms with Crippen molar-refractivity contribution >= 4 is 17.2 Å². The lowest BCUT2D eigenvalue weighted by Crippen LogP contribution is -2.38. The van der Waals surface area contributed by atoms with Gasteiger partial charge in [-0.15, -0.1) is 11.3 Å². The van der Waals surface area contributed by atoms with E-state index in [0.717, 1.165) is 17.8 Å². The molecule has 0 N–H and O–H groups in total. The summed E-state index contributed by atoms with van der Waals surface area (Å²) >= 11 is 1.43. The van der Waals surface area contributed by atoms with Crippen molar-refractivity contribution in [2.75, 3.05) is 0 Å². The Hall–Kier alpha value is -1.82. The van der Waals surface area contributed by atoms with Crippen LogP contribution in [0.5, 0.6) is 0 Å². The van der Waals surface area contributed by atoms with Crippen LogP contribution in [0.25, 0.3) is 10.7 Å². The van der Waals surface area contributed by atoms with Gasteiger partial charge >= 0.3 is 0 Å². The van der Waals surface area contributed by atoms with E-state index in [1.54, 1.807) is 18.6 Å². The first kappa shape index (κ1) is 13.2. The van der Waals surface area contributed by atoms with Gasteiger partial charge in [0.25, 0.3) is 5.91 Å². The van der Waals surface area contributed by atoms with Gasteiger partial charge in [-0.25, -0.2) is 4.98 Å². The van der Waals surface area contributed by atoms with Gasteiger partial charge in [0, 0.05) is 29.9 Å². The first-order valence-corrected chi connectivity index (χ1v) is 7.59. The monoisotopic (exact) mass is 288 g/mol. The number of carbonyl (C=O) groups excluding carboxylic acids is 1. The highest BCUT2D eigenvalue weighted by atomic mass is 32.1. The third-order valence-corrected chi connectivity index (χ3v) is 4.56. The number of thiazole rings is 1. The zero-order chi connectivity index (χ0) is 14.1. The summed E-state index contributed by atoms with van der Waals surface area (Å²) < 4.78 is 0. The molecular formula is C14H16N4OS. The largest absolute Gasteiger partial charge is 0.332 e. The summed E-state index contributed by atoms with van der Waals surface area (Å²) in [6, 6.07) is 0.582. The molecule has 0 aromatic carbocycles. The number of amides is 1. The molecule has 1 aliphatic heterocycles. The fraction of sp³-hybridized carbons (Fsp3) is 0.429. The van der Waals surface area contributed by atoms with Gasteiger partial charge in [0.2, 0.25) is 0 Å². The molecule has 5 nitrogen and oxygen atoms in total. The van der Waals surface area contributed by atoms with Crippen LogP contribution in [-0.2, 0) is 0 Å². The van der Waals surface area contributed by atoms with E-state index in [1.165, 1.54) is 11.3 Å². The van der Waals surface area contributed by atoms with Crippen LogP contribution < -0.4 is 0 Å². The Morgan fingerprint density at radius 1 is 1.30 bits per heavy atom. The Morgan fingerprint density at radius 3 is 2.70 bits per heavy atom. The van der Waals surface area contributed by atoms with E-state index in [0.29, 0.717) is 23.5 Å². The fourth-order valence-electron chi connectivity index (χ4n) is 2.63. The maximum Gasteiger partial charge on any atom is 0.273 e. The smallest absolute Gasteiger partial charge is 0.273 e. The fourth-order valence-corrected chi connectivity index (χ4v) is 3.38. The first-order chi connectivity index (χ1) is 9.66. The molecule has 2 aromatic heterocycles. The lowest BCUT2D eigenvalue weighted by molar-refractivity contribution is 0.0687. The summed E-state index contributed by atoms with van der Waals surface area (Å²) in [5.74, 6) is 0.0221. The summed E-state index contributed by atoms with van der Waals surface area (Å²) in [7, 11) is 0. The van der Waals surface area contributed by atoms with E-state index in [-0.39, 0.29) is 5.91 Å². The second-order valence-corrected chi connectivity index (χ2v) is 5.97. The summed E-state index contributed by atoms with van der Waals surface area (Å²) in [5, 5.41) is 2.55. The molecule has 104 valence electrons. The van der Waals surface area contributed by atoms with E-state index in [1.807, 2.05) is 10.3 Å². The summed E-state index contributed by atoms with van der Waals surface area (Å²) in [6.07, 6.45) is 7.04. The quantitative estimate of drug-likeness (QED) is 0.852. The van der Waals surface area contributed by atoms with Crippen LogP contribution in [0.4, 0.5) is 0 Å². The number of hydrogen-bond donors (Lipinski definition) is 0. The average Bonchev–Trinajstić information content (AvgIpc) is 3.07. The maximum atomic E-state index is 12.5. The van der Waals surface area contributed by atoms with Gasteiger partial charge in [-0.1, -0.05) is 0 Å². The van der Waals surface area contributed by atoms with Crippen LogP contribution >= 0.6 is 11.3 Å². The Bertz CT molecular complexity index is 603. The third-order valence-electron chi connectivity index (χ3n) is 3.69. The van der Waals surface area contributed by atoms with E-state index in [9.17, 15) is 4.79 Å². The number of rotatable bonds is 2. The molecule has 2 aromatic rings. The molecule has 2 atom stereocenters. The van der Waals surface area contributed by atoms with Gasteiger partial charge in [-0.2, -0.15) is 0 Å². The molecule has 1 fully saturated rings. The molecule has 1 amide bonds. The molecule has 0 saturated carbocycles. The summed E-state index contributed by atoms with van der Waals surface area (Å²) in [5.41, 5.74) is 1.22. The zero-order valence-electron chi connectivity index (χ0n) is 11.5. The van der Waals surface area contributed by atoms with Crippen molar-refractivity contribution < 1.29 is 4.79 Å². The maximum absolute atomic E-state index is 12.5. The van der Waals surface area contributed by atoms with Crippen molar-refractivity contribution in [3.63, 3.8) is 0 Å². The summed E-state index contributed by atoms with van der Waals surface area (Å²) in [6.45, 7) is 4.19. The minimum atomic E-state index is 0.0221. The molecule has 6 heteroatoms. The van der Waals surface area contributed by atoms with Crippen LogP contribution in [0, 0.1) is 0 Å². The van der Waals surface area contributed by atoms with Crippen molar-refractivity contribution in [2.45, 2.75) is 38.8 Å². The predicted molar refractivity (Wildman–Crippen MR) is 77.5 cm³/mol. The van der Waals surface area contributed by atoms with Crippen molar-refractivity contribution in [3.8, 4) is 10.7 Å². The molecule has 0 bridgehead atoms. The number of hydrogen-bond acceptors (Lipinski definition) is 5. The molecule has 3 heterocycles. The van der Waals surface area contributed by atoms with Crippen molar-refractivity contribution in [2.24, 2.45) is 0 Å². The highest BCUT2D eigenvalue weighted by Crippen LogP contribution is 2.27. The molecule has 3 rings (SSSR count). The third kappa shape index (κ3) is 2.31. The van der Waals surface area contributed by atoms with Crippen molar-refractivity contribution in [3.05, 3.63) is 29.7 Å². The van der Waals surface area contributed by atoms with Crippen LogP contribution in [0.15, 0.2) is 24.0 Å². The van der Waals surface area contributed by atoms with Crippen LogP contribution in [0.2, 0.25) is 0 Å². The Balaban J connectivity index is 1.85. The van der Waals surface area contributed by atoms with E-state index in [2.05, 4.69) is 28.8 Å². The molecule has 0 unspecified atom stereocenters. The van der Waals surface area contributed by atoms with Gasteiger partial charge < -0.3 is 4.90 Å². The Morgan fingerprint density at radius 2 is 2.05 bits per heavy atom. The molecule has 1 saturated heterocycles. The second-order valence-electron chi connectivity index (χ2n) is 5.12. The molecule has 20 heavy (non-hydrogen) atoms. The number of carbonyl (C=O) groups is 1.